The van der Waals surface area contributed by atoms with E-state index in [2.05, 4.69) is 34.8 Å². The molecule has 1 aliphatic rings. The molecule has 1 fully saturated rings. The molecule has 0 bridgehead atoms. The molecule has 1 N–H and O–H groups in total. The Morgan fingerprint density at radius 2 is 2.05 bits per heavy atom. The van der Waals surface area contributed by atoms with E-state index in [1.165, 1.54) is 29.8 Å². The van der Waals surface area contributed by atoms with Crippen LogP contribution in [-0.2, 0) is 6.42 Å². The van der Waals surface area contributed by atoms with Gasteiger partial charge in [0.15, 0.2) is 0 Å². The summed E-state index contributed by atoms with van der Waals surface area (Å²) in [5, 5.41) is 2.97. The Hall–Kier alpha value is -2.10. The van der Waals surface area contributed by atoms with E-state index in [0.717, 1.165) is 6.42 Å². The quantitative estimate of drug-likeness (QED) is 0.917. The second-order valence-corrected chi connectivity index (χ2v) is 5.74. The zero-order valence-corrected chi connectivity index (χ0v) is 12.6. The minimum Gasteiger partial charge on any atom is -0.352 e. The molecule has 2 aromatic heterocycles. The summed E-state index contributed by atoms with van der Waals surface area (Å²) < 4.78 is 2.44. The molecule has 1 saturated carbocycles. The summed E-state index contributed by atoms with van der Waals surface area (Å²) in [6.45, 7) is 5.02. The number of carbonyl (C=O) groups is 1. The van der Waals surface area contributed by atoms with Gasteiger partial charge in [0.25, 0.3) is 5.91 Å². The van der Waals surface area contributed by atoms with Crippen molar-refractivity contribution in [2.45, 2.75) is 39.2 Å². The third kappa shape index (κ3) is 2.99. The van der Waals surface area contributed by atoms with E-state index in [1.54, 1.807) is 24.5 Å². The van der Waals surface area contributed by atoms with Crippen molar-refractivity contribution in [3.8, 4) is 0 Å². The van der Waals surface area contributed by atoms with Crippen molar-refractivity contribution in [2.75, 3.05) is 6.54 Å². The fraction of sp³-hybridized carbons (Fsp3) is 0.412. The third-order valence-corrected chi connectivity index (χ3v) is 4.12. The highest BCUT2D eigenvalue weighted by Crippen LogP contribution is 2.38. The van der Waals surface area contributed by atoms with E-state index >= 15 is 0 Å². The summed E-state index contributed by atoms with van der Waals surface area (Å²) >= 11 is 0. The van der Waals surface area contributed by atoms with Gasteiger partial charge in [0.2, 0.25) is 0 Å². The number of aryl methyl sites for hydroxylation is 1. The van der Waals surface area contributed by atoms with Crippen LogP contribution in [0.5, 0.6) is 0 Å². The lowest BCUT2D eigenvalue weighted by molar-refractivity contribution is 0.0954. The molecule has 0 aliphatic heterocycles. The van der Waals surface area contributed by atoms with Crippen molar-refractivity contribution < 1.29 is 4.79 Å². The van der Waals surface area contributed by atoms with Crippen LogP contribution in [0.15, 0.2) is 30.6 Å². The summed E-state index contributed by atoms with van der Waals surface area (Å²) in [5.41, 5.74) is 4.70. The van der Waals surface area contributed by atoms with Gasteiger partial charge < -0.3 is 9.88 Å². The Balaban J connectivity index is 1.58. The van der Waals surface area contributed by atoms with Crippen molar-refractivity contribution in [3.05, 3.63) is 53.1 Å². The maximum atomic E-state index is 12.0. The lowest BCUT2D eigenvalue weighted by atomic mass is 10.1. The molecule has 4 nitrogen and oxygen atoms in total. The average Bonchev–Trinajstić information content (AvgIpc) is 3.27. The molecule has 0 aromatic carbocycles. The molecule has 110 valence electrons. The number of hydrogen-bond acceptors (Lipinski definition) is 2. The highest BCUT2D eigenvalue weighted by molar-refractivity contribution is 5.93. The number of nitrogens with one attached hydrogen (secondary N) is 1. The lowest BCUT2D eigenvalue weighted by Crippen LogP contribution is -2.25. The van der Waals surface area contributed by atoms with Crippen LogP contribution >= 0.6 is 0 Å². The molecule has 2 heterocycles. The first kappa shape index (κ1) is 13.9. The Morgan fingerprint density at radius 3 is 2.71 bits per heavy atom. The molecule has 3 rings (SSSR count). The highest BCUT2D eigenvalue weighted by atomic mass is 16.1. The number of carbonyl (C=O) groups excluding carboxylic acids is 1. The third-order valence-electron chi connectivity index (χ3n) is 4.12. The number of nitrogens with zero attached hydrogens (tertiary/aromatic N) is 2. The number of pyridine rings is 1. The van der Waals surface area contributed by atoms with E-state index in [9.17, 15) is 4.79 Å². The first-order chi connectivity index (χ1) is 10.2. The Labute approximate surface area is 125 Å². The summed E-state index contributed by atoms with van der Waals surface area (Å²) in [4.78, 5) is 15.9. The largest absolute Gasteiger partial charge is 0.352 e. The van der Waals surface area contributed by atoms with Crippen molar-refractivity contribution >= 4 is 5.91 Å². The predicted octanol–water partition coefficient (Wildman–Crippen LogP) is 2.81. The molecule has 1 amide bonds. The van der Waals surface area contributed by atoms with Crippen LogP contribution in [0.1, 0.15) is 46.2 Å². The molecule has 0 saturated heterocycles. The van der Waals surface area contributed by atoms with Crippen LogP contribution in [0.3, 0.4) is 0 Å². The van der Waals surface area contributed by atoms with Gasteiger partial charge >= 0.3 is 0 Å². The van der Waals surface area contributed by atoms with Gasteiger partial charge in [-0.3, -0.25) is 9.78 Å². The van der Waals surface area contributed by atoms with Gasteiger partial charge in [0.05, 0.1) is 0 Å². The molecule has 2 aromatic rings. The number of hydrogen-bond donors (Lipinski definition) is 1. The number of rotatable bonds is 5. The topological polar surface area (TPSA) is 46.9 Å². The van der Waals surface area contributed by atoms with Crippen LogP contribution in [0.4, 0.5) is 0 Å². The standard InChI is InChI=1S/C17H21N3O/c1-12-11-15(13(2)20(12)16-3-4-16)7-10-19-17(21)14-5-8-18-9-6-14/h5-6,8-9,11,16H,3-4,7,10H2,1-2H3,(H,19,21). The smallest absolute Gasteiger partial charge is 0.251 e. The van der Waals surface area contributed by atoms with Gasteiger partial charge in [-0.05, 0) is 56.9 Å². The van der Waals surface area contributed by atoms with Crippen LogP contribution in [0.2, 0.25) is 0 Å². The fourth-order valence-corrected chi connectivity index (χ4v) is 2.91. The van der Waals surface area contributed by atoms with Crippen molar-refractivity contribution in [1.82, 2.24) is 14.9 Å². The molecule has 21 heavy (non-hydrogen) atoms. The summed E-state index contributed by atoms with van der Waals surface area (Å²) in [6.07, 6.45) is 6.75. The zero-order chi connectivity index (χ0) is 14.8. The van der Waals surface area contributed by atoms with Crippen LogP contribution in [0, 0.1) is 13.8 Å². The average molecular weight is 283 g/mol. The van der Waals surface area contributed by atoms with Gasteiger partial charge in [0.1, 0.15) is 0 Å². The molecule has 4 heteroatoms. The first-order valence-electron chi connectivity index (χ1n) is 7.52. The molecule has 0 spiro atoms. The molecule has 0 atom stereocenters. The SMILES string of the molecule is Cc1cc(CCNC(=O)c2ccncc2)c(C)n1C1CC1. The van der Waals surface area contributed by atoms with Gasteiger partial charge in [-0.2, -0.15) is 0 Å². The maximum absolute atomic E-state index is 12.0. The Morgan fingerprint density at radius 1 is 1.33 bits per heavy atom. The van der Waals surface area contributed by atoms with Gasteiger partial charge in [0, 0.05) is 41.9 Å². The minimum atomic E-state index is -0.0339. The molecular formula is C17H21N3O. The van der Waals surface area contributed by atoms with Crippen molar-refractivity contribution in [2.24, 2.45) is 0 Å². The summed E-state index contributed by atoms with van der Waals surface area (Å²) in [5.74, 6) is -0.0339. The van der Waals surface area contributed by atoms with Crippen LogP contribution < -0.4 is 5.32 Å². The molecular weight excluding hydrogens is 262 g/mol. The highest BCUT2D eigenvalue weighted by Gasteiger charge is 2.26. The summed E-state index contributed by atoms with van der Waals surface area (Å²) in [6, 6.07) is 6.43. The summed E-state index contributed by atoms with van der Waals surface area (Å²) in [7, 11) is 0. The number of aromatic nitrogens is 2. The van der Waals surface area contributed by atoms with E-state index in [-0.39, 0.29) is 5.91 Å². The monoisotopic (exact) mass is 283 g/mol. The lowest BCUT2D eigenvalue weighted by Gasteiger charge is -2.08. The van der Waals surface area contributed by atoms with Crippen LogP contribution in [-0.4, -0.2) is 22.0 Å². The Bertz CT molecular complexity index is 642. The molecule has 1 aliphatic carbocycles. The van der Waals surface area contributed by atoms with Gasteiger partial charge in [-0.15, -0.1) is 0 Å². The van der Waals surface area contributed by atoms with E-state index in [0.29, 0.717) is 18.2 Å². The molecule has 0 unspecified atom stereocenters. The van der Waals surface area contributed by atoms with Gasteiger partial charge in [-0.25, -0.2) is 0 Å². The fourth-order valence-electron chi connectivity index (χ4n) is 2.91. The van der Waals surface area contributed by atoms with E-state index < -0.39 is 0 Å². The predicted molar refractivity (Wildman–Crippen MR) is 82.5 cm³/mol. The van der Waals surface area contributed by atoms with E-state index in [1.807, 2.05) is 0 Å². The van der Waals surface area contributed by atoms with Crippen molar-refractivity contribution in [3.63, 3.8) is 0 Å². The van der Waals surface area contributed by atoms with E-state index in [4.69, 9.17) is 0 Å². The zero-order valence-electron chi connectivity index (χ0n) is 12.6. The Kier molecular flexibility index (Phi) is 3.78. The molecule has 0 radical (unpaired) electrons. The first-order valence-corrected chi connectivity index (χ1v) is 7.52. The second-order valence-electron chi connectivity index (χ2n) is 5.74. The van der Waals surface area contributed by atoms with Crippen molar-refractivity contribution in [1.29, 1.82) is 0 Å². The maximum Gasteiger partial charge on any atom is 0.251 e. The normalized spacial score (nSPS) is 14.2. The number of amides is 1. The van der Waals surface area contributed by atoms with Crippen LogP contribution in [0.25, 0.3) is 0 Å². The van der Waals surface area contributed by atoms with Gasteiger partial charge in [-0.1, -0.05) is 0 Å². The minimum absolute atomic E-state index is 0.0339. The second kappa shape index (κ2) is 5.72.